The third-order valence-corrected chi connectivity index (χ3v) is 3.02. The Morgan fingerprint density at radius 2 is 1.81 bits per heavy atom. The highest BCUT2D eigenvalue weighted by Gasteiger charge is 2.06. The number of benzene rings is 1. The van der Waals surface area contributed by atoms with Gasteiger partial charge in [-0.2, -0.15) is 0 Å². The summed E-state index contributed by atoms with van der Waals surface area (Å²) in [5.41, 5.74) is 2.39. The van der Waals surface area contributed by atoms with E-state index in [-0.39, 0.29) is 0 Å². The van der Waals surface area contributed by atoms with Crippen LogP contribution in [0.2, 0.25) is 0 Å². The molecule has 86 valence electrons. The summed E-state index contributed by atoms with van der Waals surface area (Å²) < 4.78 is 0. The Kier molecular flexibility index (Phi) is 4.50. The minimum absolute atomic E-state index is 0.828. The first kappa shape index (κ1) is 12.7. The van der Waals surface area contributed by atoms with E-state index in [2.05, 4.69) is 35.7 Å². The summed E-state index contributed by atoms with van der Waals surface area (Å²) in [7, 11) is 5.92. The Balaban J connectivity index is 2.66. The molecule has 0 aliphatic carbocycles. The van der Waals surface area contributed by atoms with Gasteiger partial charge in [-0.15, -0.1) is 0 Å². The van der Waals surface area contributed by atoms with Crippen LogP contribution in [0.25, 0.3) is 6.08 Å². The van der Waals surface area contributed by atoms with Gasteiger partial charge in [-0.1, -0.05) is 36.9 Å². The van der Waals surface area contributed by atoms with Crippen LogP contribution >= 0.6 is 12.2 Å². The van der Waals surface area contributed by atoms with Gasteiger partial charge in [0.15, 0.2) is 5.11 Å². The molecule has 0 heterocycles. The Labute approximate surface area is 103 Å². The number of hydrogen-bond acceptors (Lipinski definition) is 1. The van der Waals surface area contributed by atoms with Crippen molar-refractivity contribution < 1.29 is 0 Å². The van der Waals surface area contributed by atoms with Gasteiger partial charge >= 0.3 is 0 Å². The number of nitrogens with zero attached hydrogens (tertiary/aromatic N) is 2. The van der Waals surface area contributed by atoms with E-state index in [4.69, 9.17) is 12.2 Å². The van der Waals surface area contributed by atoms with Gasteiger partial charge in [0.2, 0.25) is 0 Å². The molecule has 1 rings (SSSR count). The number of thiocarbonyl (C=S) groups is 1. The van der Waals surface area contributed by atoms with Crippen molar-refractivity contribution in [1.82, 2.24) is 9.80 Å². The van der Waals surface area contributed by atoms with E-state index in [1.165, 1.54) is 5.56 Å². The molecule has 0 aliphatic heterocycles. The lowest BCUT2D eigenvalue weighted by molar-refractivity contribution is 0.434. The Morgan fingerprint density at radius 3 is 2.25 bits per heavy atom. The lowest BCUT2D eigenvalue weighted by atomic mass is 10.1. The maximum absolute atomic E-state index is 5.28. The van der Waals surface area contributed by atoms with E-state index < -0.39 is 0 Å². The maximum Gasteiger partial charge on any atom is 0.171 e. The molecule has 0 aromatic heterocycles. The summed E-state index contributed by atoms with van der Waals surface area (Å²) in [6, 6.07) is 8.33. The largest absolute Gasteiger partial charge is 0.355 e. The van der Waals surface area contributed by atoms with Gasteiger partial charge in [-0.25, -0.2) is 0 Å². The fraction of sp³-hybridized carbons (Fsp3) is 0.308. The van der Waals surface area contributed by atoms with Gasteiger partial charge < -0.3 is 9.80 Å². The van der Waals surface area contributed by atoms with Crippen LogP contribution in [0.3, 0.4) is 0 Å². The molecule has 3 heteroatoms. The minimum atomic E-state index is 0.828. The lowest BCUT2D eigenvalue weighted by Gasteiger charge is -2.25. The van der Waals surface area contributed by atoms with E-state index in [1.54, 1.807) is 0 Å². The monoisotopic (exact) mass is 234 g/mol. The molecule has 0 bridgehead atoms. The Hall–Kier alpha value is -1.35. The third-order valence-electron chi connectivity index (χ3n) is 2.34. The predicted molar refractivity (Wildman–Crippen MR) is 74.3 cm³/mol. The third kappa shape index (κ3) is 3.35. The van der Waals surface area contributed by atoms with Crippen molar-refractivity contribution in [3.05, 3.63) is 42.0 Å². The number of rotatable bonds is 3. The molecule has 16 heavy (non-hydrogen) atoms. The summed E-state index contributed by atoms with van der Waals surface area (Å²) in [6.07, 6.45) is 1.85. The second-order valence-electron chi connectivity index (χ2n) is 3.98. The van der Waals surface area contributed by atoms with Gasteiger partial charge in [0.1, 0.15) is 0 Å². The molecule has 2 nitrogen and oxygen atoms in total. The van der Waals surface area contributed by atoms with E-state index in [0.29, 0.717) is 0 Å². The van der Waals surface area contributed by atoms with Crippen LogP contribution in [0.4, 0.5) is 0 Å². The molecule has 1 aromatic rings. The highest BCUT2D eigenvalue weighted by molar-refractivity contribution is 7.80. The smallest absolute Gasteiger partial charge is 0.171 e. The van der Waals surface area contributed by atoms with Crippen LogP contribution in [0.1, 0.15) is 11.1 Å². The highest BCUT2D eigenvalue weighted by Crippen LogP contribution is 2.08. The topological polar surface area (TPSA) is 6.48 Å². The van der Waals surface area contributed by atoms with Gasteiger partial charge in [-0.05, 0) is 23.3 Å². The second kappa shape index (κ2) is 5.66. The van der Waals surface area contributed by atoms with Crippen LogP contribution in [-0.2, 0) is 6.54 Å². The molecule has 1 aromatic carbocycles. The van der Waals surface area contributed by atoms with Crippen molar-refractivity contribution in [2.45, 2.75) is 6.54 Å². The van der Waals surface area contributed by atoms with E-state index in [1.807, 2.05) is 32.1 Å². The van der Waals surface area contributed by atoms with Crippen molar-refractivity contribution >= 4 is 23.4 Å². The molecule has 0 aliphatic rings. The van der Waals surface area contributed by atoms with Crippen molar-refractivity contribution in [3.8, 4) is 0 Å². The van der Waals surface area contributed by atoms with E-state index in [9.17, 15) is 0 Å². The zero-order valence-electron chi connectivity index (χ0n) is 10.1. The zero-order valence-corrected chi connectivity index (χ0v) is 10.9. The first-order chi connectivity index (χ1) is 7.54. The molecular formula is C13H18N2S. The molecule has 0 atom stereocenters. The van der Waals surface area contributed by atoms with Crippen molar-refractivity contribution in [2.24, 2.45) is 0 Å². The second-order valence-corrected chi connectivity index (χ2v) is 4.34. The van der Waals surface area contributed by atoms with Crippen LogP contribution in [0.15, 0.2) is 30.8 Å². The minimum Gasteiger partial charge on any atom is -0.355 e. The Morgan fingerprint density at radius 1 is 1.25 bits per heavy atom. The average molecular weight is 234 g/mol. The quantitative estimate of drug-likeness (QED) is 0.742. The summed E-state index contributed by atoms with van der Waals surface area (Å²) in [6.45, 7) is 4.56. The van der Waals surface area contributed by atoms with Crippen LogP contribution in [0, 0.1) is 0 Å². The average Bonchev–Trinajstić information content (AvgIpc) is 2.28. The predicted octanol–water partition coefficient (Wildman–Crippen LogP) is 2.61. The summed E-state index contributed by atoms with van der Waals surface area (Å²) in [4.78, 5) is 3.99. The maximum atomic E-state index is 5.28. The van der Waals surface area contributed by atoms with Crippen molar-refractivity contribution in [2.75, 3.05) is 21.1 Å². The zero-order chi connectivity index (χ0) is 12.1. The SMILES string of the molecule is C=Cc1ccc(CN(C)C(=S)N(C)C)cc1. The number of hydrogen-bond donors (Lipinski definition) is 0. The van der Waals surface area contributed by atoms with Gasteiger partial charge in [-0.3, -0.25) is 0 Å². The Bertz CT molecular complexity index is 368. The summed E-state index contributed by atoms with van der Waals surface area (Å²) >= 11 is 5.28. The fourth-order valence-corrected chi connectivity index (χ4v) is 1.51. The molecular weight excluding hydrogens is 216 g/mol. The van der Waals surface area contributed by atoms with Crippen molar-refractivity contribution in [3.63, 3.8) is 0 Å². The first-order valence-electron chi connectivity index (χ1n) is 5.18. The molecule has 0 N–H and O–H groups in total. The highest BCUT2D eigenvalue weighted by atomic mass is 32.1. The van der Waals surface area contributed by atoms with Gasteiger partial charge in [0.25, 0.3) is 0 Å². The lowest BCUT2D eigenvalue weighted by Crippen LogP contribution is -2.35. The normalized spacial score (nSPS) is 9.69. The van der Waals surface area contributed by atoms with Gasteiger partial charge in [0, 0.05) is 27.7 Å². The molecule has 0 saturated carbocycles. The first-order valence-corrected chi connectivity index (χ1v) is 5.59. The van der Waals surface area contributed by atoms with Crippen LogP contribution in [-0.4, -0.2) is 36.1 Å². The summed E-state index contributed by atoms with van der Waals surface area (Å²) in [5, 5.41) is 0.841. The molecule has 0 unspecified atom stereocenters. The molecule has 0 radical (unpaired) electrons. The van der Waals surface area contributed by atoms with E-state index >= 15 is 0 Å². The molecule has 0 spiro atoms. The van der Waals surface area contributed by atoms with E-state index in [0.717, 1.165) is 17.2 Å². The molecule has 0 fully saturated rings. The fourth-order valence-electron chi connectivity index (χ4n) is 1.44. The van der Waals surface area contributed by atoms with Gasteiger partial charge in [0.05, 0.1) is 0 Å². The van der Waals surface area contributed by atoms with Crippen LogP contribution in [0.5, 0.6) is 0 Å². The summed E-state index contributed by atoms with van der Waals surface area (Å²) in [5.74, 6) is 0. The van der Waals surface area contributed by atoms with Crippen LogP contribution < -0.4 is 0 Å². The van der Waals surface area contributed by atoms with Crippen molar-refractivity contribution in [1.29, 1.82) is 0 Å². The standard InChI is InChI=1S/C13H18N2S/c1-5-11-6-8-12(9-7-11)10-15(4)13(16)14(2)3/h5-9H,1,10H2,2-4H3. The molecule has 0 saturated heterocycles. The molecule has 0 amide bonds.